The first-order valence-electron chi connectivity index (χ1n) is 6.86. The van der Waals surface area contributed by atoms with Crippen LogP contribution in [0, 0.1) is 0 Å². The molecule has 1 heterocycles. The number of piperazine rings is 1. The minimum absolute atomic E-state index is 0.762. The van der Waals surface area contributed by atoms with E-state index in [9.17, 15) is 0 Å². The summed E-state index contributed by atoms with van der Waals surface area (Å²) < 4.78 is 11.8. The molecule has 0 bridgehead atoms. The van der Waals surface area contributed by atoms with E-state index in [1.807, 2.05) is 0 Å². The molecular weight excluding hydrogens is 232 g/mol. The third kappa shape index (κ3) is 5.05. The van der Waals surface area contributed by atoms with Crippen LogP contribution in [0.15, 0.2) is 0 Å². The predicted molar refractivity (Wildman–Crippen MR) is 73.4 cm³/mol. The molecule has 1 saturated heterocycles. The quantitative estimate of drug-likeness (QED) is 0.644. The number of hydrogen-bond donors (Lipinski definition) is 0. The Hall–Kier alpha value is 0.0569. The van der Waals surface area contributed by atoms with Gasteiger partial charge in [0.15, 0.2) is 0 Å². The fraction of sp³-hybridized carbons (Fsp3) is 1.00. The Bertz CT molecular complexity index is 203. The maximum atomic E-state index is 5.89. The van der Waals surface area contributed by atoms with Crippen LogP contribution < -0.4 is 0 Å². The first kappa shape index (κ1) is 15.1. The molecule has 0 spiro atoms. The molecule has 1 aliphatic rings. The molecule has 0 unspecified atom stereocenters. The maximum Gasteiger partial charge on any atom is 0.349 e. The van der Waals surface area contributed by atoms with Crippen molar-refractivity contribution in [2.75, 3.05) is 52.1 Å². The Labute approximate surface area is 107 Å². The molecule has 0 aromatic carbocycles. The summed E-state index contributed by atoms with van der Waals surface area (Å²) in [6.07, 6.45) is 1.01. The van der Waals surface area contributed by atoms with Crippen molar-refractivity contribution in [1.29, 1.82) is 0 Å². The molecular formula is C12H28N2O2Si. The van der Waals surface area contributed by atoms with Gasteiger partial charge in [-0.15, -0.1) is 0 Å². The fourth-order valence-corrected chi connectivity index (χ4v) is 5.03. The molecule has 1 rings (SSSR count). The van der Waals surface area contributed by atoms with Crippen LogP contribution in [0.25, 0.3) is 0 Å². The van der Waals surface area contributed by atoms with Gasteiger partial charge in [-0.05, 0) is 26.9 Å². The van der Waals surface area contributed by atoms with E-state index in [-0.39, 0.29) is 0 Å². The Morgan fingerprint density at radius 2 is 1.35 bits per heavy atom. The molecule has 1 fully saturated rings. The first-order valence-corrected chi connectivity index (χ1v) is 9.38. The number of hydrogen-bond acceptors (Lipinski definition) is 4. The summed E-state index contributed by atoms with van der Waals surface area (Å²) >= 11 is 0. The van der Waals surface area contributed by atoms with Crippen molar-refractivity contribution >= 4 is 8.56 Å². The standard InChI is InChI=1S/C12H28N2O2Si/c1-5-13-8-10-14(11-9-13)12-17(4,15-6-2)16-7-3/h5-12H2,1-4H3. The van der Waals surface area contributed by atoms with E-state index in [4.69, 9.17) is 8.85 Å². The molecule has 0 N–H and O–H groups in total. The monoisotopic (exact) mass is 260 g/mol. The minimum atomic E-state index is -1.96. The molecule has 4 nitrogen and oxygen atoms in total. The van der Waals surface area contributed by atoms with Crippen molar-refractivity contribution in [1.82, 2.24) is 9.80 Å². The van der Waals surface area contributed by atoms with Crippen LogP contribution in [0.1, 0.15) is 20.8 Å². The van der Waals surface area contributed by atoms with Crippen LogP contribution in [0.2, 0.25) is 6.55 Å². The van der Waals surface area contributed by atoms with E-state index in [0.717, 1.165) is 32.5 Å². The molecule has 0 aromatic heterocycles. The van der Waals surface area contributed by atoms with Crippen LogP contribution in [-0.2, 0) is 8.85 Å². The van der Waals surface area contributed by atoms with Gasteiger partial charge in [0.25, 0.3) is 0 Å². The molecule has 0 amide bonds. The van der Waals surface area contributed by atoms with Crippen molar-refractivity contribution in [3.05, 3.63) is 0 Å². The number of rotatable bonds is 7. The van der Waals surface area contributed by atoms with Crippen LogP contribution in [0.5, 0.6) is 0 Å². The Balaban J connectivity index is 2.40. The van der Waals surface area contributed by atoms with Crippen molar-refractivity contribution in [3.63, 3.8) is 0 Å². The van der Waals surface area contributed by atoms with E-state index in [2.05, 4.69) is 37.1 Å². The van der Waals surface area contributed by atoms with Gasteiger partial charge in [0.05, 0.1) is 0 Å². The molecule has 0 radical (unpaired) electrons. The van der Waals surface area contributed by atoms with Gasteiger partial charge in [0, 0.05) is 45.6 Å². The van der Waals surface area contributed by atoms with Gasteiger partial charge in [-0.25, -0.2) is 0 Å². The van der Waals surface area contributed by atoms with E-state index < -0.39 is 8.56 Å². The summed E-state index contributed by atoms with van der Waals surface area (Å²) in [6, 6.07) is 0. The summed E-state index contributed by atoms with van der Waals surface area (Å²) in [5, 5.41) is 0. The van der Waals surface area contributed by atoms with Gasteiger partial charge in [0.2, 0.25) is 0 Å². The highest BCUT2D eigenvalue weighted by Crippen LogP contribution is 2.11. The molecule has 0 aliphatic carbocycles. The highest BCUT2D eigenvalue weighted by atomic mass is 28.4. The number of nitrogens with zero attached hydrogens (tertiary/aromatic N) is 2. The summed E-state index contributed by atoms with van der Waals surface area (Å²) in [6.45, 7) is 15.9. The first-order chi connectivity index (χ1) is 8.13. The fourth-order valence-electron chi connectivity index (χ4n) is 2.41. The van der Waals surface area contributed by atoms with Gasteiger partial charge in [0.1, 0.15) is 0 Å². The lowest BCUT2D eigenvalue weighted by atomic mass is 10.3. The van der Waals surface area contributed by atoms with Crippen LogP contribution in [0.3, 0.4) is 0 Å². The highest BCUT2D eigenvalue weighted by Gasteiger charge is 2.34. The summed E-state index contributed by atoms with van der Waals surface area (Å²) in [7, 11) is -1.96. The minimum Gasteiger partial charge on any atom is -0.394 e. The molecule has 0 aromatic rings. The lowest BCUT2D eigenvalue weighted by Gasteiger charge is -2.38. The smallest absolute Gasteiger partial charge is 0.349 e. The molecule has 17 heavy (non-hydrogen) atoms. The van der Waals surface area contributed by atoms with Gasteiger partial charge in [-0.1, -0.05) is 6.92 Å². The highest BCUT2D eigenvalue weighted by molar-refractivity contribution is 6.66. The molecule has 1 aliphatic heterocycles. The molecule has 0 saturated carbocycles. The topological polar surface area (TPSA) is 24.9 Å². The van der Waals surface area contributed by atoms with Crippen molar-refractivity contribution in [2.45, 2.75) is 27.3 Å². The average Bonchev–Trinajstić information content (AvgIpc) is 2.30. The second kappa shape index (κ2) is 7.48. The maximum absolute atomic E-state index is 5.89. The van der Waals surface area contributed by atoms with E-state index >= 15 is 0 Å². The summed E-state index contributed by atoms with van der Waals surface area (Å²) in [5.74, 6) is 0. The Morgan fingerprint density at radius 1 is 0.882 bits per heavy atom. The normalized spacial score (nSPS) is 19.8. The van der Waals surface area contributed by atoms with Crippen LogP contribution >= 0.6 is 0 Å². The Kier molecular flexibility index (Phi) is 6.65. The zero-order valence-electron chi connectivity index (χ0n) is 11.9. The largest absolute Gasteiger partial charge is 0.394 e. The SMILES string of the molecule is CCO[Si](C)(CN1CCN(CC)CC1)OCC. The van der Waals surface area contributed by atoms with E-state index in [1.165, 1.54) is 19.6 Å². The molecule has 0 atom stereocenters. The van der Waals surface area contributed by atoms with Crippen LogP contribution in [0.4, 0.5) is 0 Å². The Morgan fingerprint density at radius 3 is 1.76 bits per heavy atom. The average molecular weight is 260 g/mol. The van der Waals surface area contributed by atoms with Crippen LogP contribution in [-0.4, -0.2) is 70.5 Å². The number of likely N-dealkylation sites (N-methyl/N-ethyl adjacent to an activating group) is 1. The molecule has 102 valence electrons. The van der Waals surface area contributed by atoms with Gasteiger partial charge >= 0.3 is 8.56 Å². The van der Waals surface area contributed by atoms with Crippen molar-refractivity contribution in [3.8, 4) is 0 Å². The second-order valence-electron chi connectivity index (χ2n) is 4.71. The lowest BCUT2D eigenvalue weighted by Crippen LogP contribution is -2.55. The van der Waals surface area contributed by atoms with E-state index in [0.29, 0.717) is 0 Å². The van der Waals surface area contributed by atoms with Crippen molar-refractivity contribution in [2.24, 2.45) is 0 Å². The van der Waals surface area contributed by atoms with Crippen molar-refractivity contribution < 1.29 is 8.85 Å². The second-order valence-corrected chi connectivity index (χ2v) is 7.87. The third-order valence-electron chi connectivity index (χ3n) is 3.32. The lowest BCUT2D eigenvalue weighted by molar-refractivity contribution is 0.122. The van der Waals surface area contributed by atoms with Gasteiger partial charge in [-0.2, -0.15) is 0 Å². The van der Waals surface area contributed by atoms with E-state index in [1.54, 1.807) is 0 Å². The zero-order chi connectivity index (χ0) is 12.7. The zero-order valence-corrected chi connectivity index (χ0v) is 12.9. The molecule has 5 heteroatoms. The summed E-state index contributed by atoms with van der Waals surface area (Å²) in [5.41, 5.74) is 0. The van der Waals surface area contributed by atoms with Gasteiger partial charge in [-0.3, -0.25) is 4.90 Å². The third-order valence-corrected chi connectivity index (χ3v) is 6.14. The van der Waals surface area contributed by atoms with Gasteiger partial charge < -0.3 is 13.8 Å². The summed E-state index contributed by atoms with van der Waals surface area (Å²) in [4.78, 5) is 5.00. The predicted octanol–water partition coefficient (Wildman–Crippen LogP) is 1.31.